The van der Waals surface area contributed by atoms with Gasteiger partial charge in [-0.25, -0.2) is 8.42 Å². The van der Waals surface area contributed by atoms with Gasteiger partial charge >= 0.3 is 0 Å². The molecule has 0 radical (unpaired) electrons. The maximum absolute atomic E-state index is 12.9. The van der Waals surface area contributed by atoms with Gasteiger partial charge in [-0.05, 0) is 85.7 Å². The van der Waals surface area contributed by atoms with E-state index in [-0.39, 0.29) is 10.8 Å². The minimum Gasteiger partial charge on any atom is -0.322 e. The van der Waals surface area contributed by atoms with Crippen molar-refractivity contribution >= 4 is 39.1 Å². The molecule has 0 atom stereocenters. The molecule has 3 aromatic rings. The largest absolute Gasteiger partial charge is 0.322 e. The highest BCUT2D eigenvalue weighted by Crippen LogP contribution is 2.30. The van der Waals surface area contributed by atoms with Crippen LogP contribution in [-0.4, -0.2) is 27.1 Å². The summed E-state index contributed by atoms with van der Waals surface area (Å²) < 4.78 is 27.1. The molecular weight excluding hydrogens is 428 g/mol. The Morgan fingerprint density at radius 3 is 2.42 bits per heavy atom. The Balaban J connectivity index is 1.48. The molecule has 0 bridgehead atoms. The van der Waals surface area contributed by atoms with Crippen molar-refractivity contribution in [3.05, 3.63) is 83.4 Å². The average Bonchev–Trinajstić information content (AvgIpc) is 2.79. The number of carbonyl (C=O) groups is 1. The molecule has 31 heavy (non-hydrogen) atoms. The van der Waals surface area contributed by atoms with E-state index in [0.29, 0.717) is 16.9 Å². The van der Waals surface area contributed by atoms with Crippen LogP contribution in [0.15, 0.2) is 76.5 Å². The van der Waals surface area contributed by atoms with E-state index in [0.717, 1.165) is 24.2 Å². The molecule has 1 aliphatic rings. The number of amides is 1. The van der Waals surface area contributed by atoms with Crippen LogP contribution in [0.1, 0.15) is 27.9 Å². The fraction of sp³-hybridized carbons (Fsp3) is 0.208. The number of hydrogen-bond donors (Lipinski definition) is 1. The summed E-state index contributed by atoms with van der Waals surface area (Å²) in [5.41, 5.74) is 4.02. The molecule has 3 aromatic carbocycles. The lowest BCUT2D eigenvalue weighted by molar-refractivity contribution is 0.102. The van der Waals surface area contributed by atoms with Crippen LogP contribution in [0.3, 0.4) is 0 Å². The van der Waals surface area contributed by atoms with Crippen LogP contribution in [-0.2, 0) is 16.4 Å². The zero-order valence-corrected chi connectivity index (χ0v) is 19.1. The van der Waals surface area contributed by atoms with Crippen molar-refractivity contribution in [3.8, 4) is 0 Å². The zero-order chi connectivity index (χ0) is 22.0. The van der Waals surface area contributed by atoms with Crippen molar-refractivity contribution in [2.24, 2.45) is 0 Å². The first-order valence-corrected chi connectivity index (χ1v) is 12.5. The third kappa shape index (κ3) is 4.62. The van der Waals surface area contributed by atoms with Gasteiger partial charge in [0.25, 0.3) is 15.9 Å². The van der Waals surface area contributed by atoms with E-state index in [4.69, 9.17) is 0 Å². The van der Waals surface area contributed by atoms with Crippen molar-refractivity contribution in [2.75, 3.05) is 22.4 Å². The van der Waals surface area contributed by atoms with Gasteiger partial charge in [-0.3, -0.25) is 9.10 Å². The van der Waals surface area contributed by atoms with E-state index in [1.165, 1.54) is 33.9 Å². The van der Waals surface area contributed by atoms with Gasteiger partial charge in [0, 0.05) is 23.2 Å². The summed E-state index contributed by atoms with van der Waals surface area (Å²) in [7, 11) is -2.16. The number of sulfonamides is 1. The number of aryl methyl sites for hydroxylation is 2. The van der Waals surface area contributed by atoms with E-state index >= 15 is 0 Å². The second kappa shape index (κ2) is 8.77. The molecule has 0 aromatic heterocycles. The third-order valence-corrected chi connectivity index (χ3v) is 8.34. The number of carbonyl (C=O) groups excluding carboxylic acids is 1. The molecule has 1 heterocycles. The van der Waals surface area contributed by atoms with Gasteiger partial charge in [-0.15, -0.1) is 11.8 Å². The van der Waals surface area contributed by atoms with Crippen LogP contribution in [0.2, 0.25) is 0 Å². The molecule has 160 valence electrons. The standard InChI is InChI=1S/C24H24N2O3S2/c1-17-5-10-21(11-6-17)26(2)31(28,29)22-12-8-20(9-13-22)25-24(27)19-7-14-23-18(16-19)4-3-15-30-23/h5-14,16H,3-4,15H2,1-2H3,(H,25,27). The number of hydrogen-bond acceptors (Lipinski definition) is 4. The molecular formula is C24H24N2O3S2. The Kier molecular flexibility index (Phi) is 6.07. The van der Waals surface area contributed by atoms with Crippen molar-refractivity contribution in [2.45, 2.75) is 29.6 Å². The summed E-state index contributed by atoms with van der Waals surface area (Å²) in [5, 5.41) is 2.86. The maximum Gasteiger partial charge on any atom is 0.264 e. The van der Waals surface area contributed by atoms with E-state index in [1.54, 1.807) is 24.3 Å². The number of anilines is 2. The lowest BCUT2D eigenvalue weighted by Crippen LogP contribution is -2.26. The maximum atomic E-state index is 12.9. The summed E-state index contributed by atoms with van der Waals surface area (Å²) in [6.45, 7) is 1.95. The summed E-state index contributed by atoms with van der Waals surface area (Å²) in [6.07, 6.45) is 2.11. The molecule has 5 nitrogen and oxygen atoms in total. The fourth-order valence-corrected chi connectivity index (χ4v) is 5.68. The number of fused-ring (bicyclic) bond motifs is 1. The van der Waals surface area contributed by atoms with E-state index in [9.17, 15) is 13.2 Å². The monoisotopic (exact) mass is 452 g/mol. The third-order valence-electron chi connectivity index (χ3n) is 5.34. The average molecular weight is 453 g/mol. The Labute approximate surface area is 187 Å². The van der Waals surface area contributed by atoms with E-state index in [1.807, 2.05) is 49.0 Å². The Hall–Kier alpha value is -2.77. The first-order chi connectivity index (χ1) is 14.8. The zero-order valence-electron chi connectivity index (χ0n) is 17.5. The van der Waals surface area contributed by atoms with Gasteiger partial charge in [0.05, 0.1) is 10.6 Å². The summed E-state index contributed by atoms with van der Waals surface area (Å²) in [6, 6.07) is 19.3. The first-order valence-electron chi connectivity index (χ1n) is 10.1. The fourth-order valence-electron chi connectivity index (χ4n) is 3.47. The normalized spacial score (nSPS) is 13.4. The molecule has 0 aliphatic carbocycles. The highest BCUT2D eigenvalue weighted by Gasteiger charge is 2.21. The summed E-state index contributed by atoms with van der Waals surface area (Å²) in [4.78, 5) is 14.1. The van der Waals surface area contributed by atoms with Crippen molar-refractivity contribution in [1.29, 1.82) is 0 Å². The molecule has 4 rings (SSSR count). The molecule has 0 spiro atoms. The number of nitrogens with zero attached hydrogens (tertiary/aromatic N) is 1. The SMILES string of the molecule is Cc1ccc(N(C)S(=O)(=O)c2ccc(NC(=O)c3ccc4c(c3)CCCS4)cc2)cc1. The molecule has 1 amide bonds. The number of nitrogens with one attached hydrogen (secondary N) is 1. The van der Waals surface area contributed by atoms with Crippen molar-refractivity contribution in [3.63, 3.8) is 0 Å². The highest BCUT2D eigenvalue weighted by atomic mass is 32.2. The minimum atomic E-state index is -3.69. The number of benzene rings is 3. The van der Waals surface area contributed by atoms with Gasteiger partial charge in [-0.2, -0.15) is 0 Å². The van der Waals surface area contributed by atoms with Gasteiger partial charge in [0.15, 0.2) is 0 Å². The molecule has 0 fully saturated rings. The number of thioether (sulfide) groups is 1. The van der Waals surface area contributed by atoms with Crippen LogP contribution < -0.4 is 9.62 Å². The smallest absolute Gasteiger partial charge is 0.264 e. The molecule has 7 heteroatoms. The van der Waals surface area contributed by atoms with Crippen molar-refractivity contribution < 1.29 is 13.2 Å². The first kappa shape index (κ1) is 21.5. The summed E-state index contributed by atoms with van der Waals surface area (Å²) >= 11 is 1.83. The Bertz CT molecular complexity index is 1200. The van der Waals surface area contributed by atoms with Crippen LogP contribution in [0.25, 0.3) is 0 Å². The molecule has 1 N–H and O–H groups in total. The lowest BCUT2D eigenvalue weighted by atomic mass is 10.1. The molecule has 0 saturated heterocycles. The summed E-state index contributed by atoms with van der Waals surface area (Å²) in [5.74, 6) is 0.915. The Morgan fingerprint density at radius 1 is 1.00 bits per heavy atom. The molecule has 1 aliphatic heterocycles. The lowest BCUT2D eigenvalue weighted by Gasteiger charge is -2.20. The molecule has 0 saturated carbocycles. The topological polar surface area (TPSA) is 66.5 Å². The number of rotatable bonds is 5. The van der Waals surface area contributed by atoms with Crippen LogP contribution in [0.4, 0.5) is 11.4 Å². The predicted molar refractivity (Wildman–Crippen MR) is 127 cm³/mol. The van der Waals surface area contributed by atoms with E-state index < -0.39 is 10.0 Å². The van der Waals surface area contributed by atoms with Gasteiger partial charge in [0.2, 0.25) is 0 Å². The van der Waals surface area contributed by atoms with Crippen LogP contribution in [0.5, 0.6) is 0 Å². The van der Waals surface area contributed by atoms with Crippen molar-refractivity contribution in [1.82, 2.24) is 0 Å². The quantitative estimate of drug-likeness (QED) is 0.584. The van der Waals surface area contributed by atoms with Crippen LogP contribution >= 0.6 is 11.8 Å². The second-order valence-corrected chi connectivity index (χ2v) is 10.7. The van der Waals surface area contributed by atoms with E-state index in [2.05, 4.69) is 5.32 Å². The van der Waals surface area contributed by atoms with Gasteiger partial charge in [-0.1, -0.05) is 17.7 Å². The molecule has 0 unspecified atom stereocenters. The predicted octanol–water partition coefficient (Wildman–Crippen LogP) is 5.11. The second-order valence-electron chi connectivity index (χ2n) is 7.56. The Morgan fingerprint density at radius 2 is 1.71 bits per heavy atom. The minimum absolute atomic E-state index is 0.166. The van der Waals surface area contributed by atoms with Gasteiger partial charge in [0.1, 0.15) is 0 Å². The highest BCUT2D eigenvalue weighted by molar-refractivity contribution is 7.99. The van der Waals surface area contributed by atoms with Gasteiger partial charge < -0.3 is 5.32 Å². The van der Waals surface area contributed by atoms with Crippen LogP contribution in [0, 0.1) is 6.92 Å².